The first-order valence-corrected chi connectivity index (χ1v) is 9.87. The fraction of sp³-hybridized carbons (Fsp3) is 0.294. The van der Waals surface area contributed by atoms with Crippen LogP contribution in [-0.4, -0.2) is 43.8 Å². The summed E-state index contributed by atoms with van der Waals surface area (Å²) in [5.41, 5.74) is 1.81. The third-order valence-electron chi connectivity index (χ3n) is 4.45. The molecule has 0 atom stereocenters. The predicted molar refractivity (Wildman–Crippen MR) is 100 cm³/mol. The van der Waals surface area contributed by atoms with Gasteiger partial charge in [-0.05, 0) is 30.7 Å². The summed E-state index contributed by atoms with van der Waals surface area (Å²) in [7, 11) is -3.81. The number of rotatable bonds is 4. The van der Waals surface area contributed by atoms with Gasteiger partial charge in [-0.25, -0.2) is 8.42 Å². The van der Waals surface area contributed by atoms with Crippen LogP contribution in [0.25, 0.3) is 0 Å². The van der Waals surface area contributed by atoms with Gasteiger partial charge in [-0.2, -0.15) is 4.31 Å². The number of sulfonamides is 1. The zero-order valence-corrected chi connectivity index (χ0v) is 15.7. The Bertz CT molecular complexity index is 941. The van der Waals surface area contributed by atoms with Crippen LogP contribution in [0, 0.1) is 17.0 Å². The number of halogens is 1. The lowest BCUT2D eigenvalue weighted by Gasteiger charge is -2.36. The van der Waals surface area contributed by atoms with E-state index in [4.69, 9.17) is 11.6 Å². The van der Waals surface area contributed by atoms with Gasteiger partial charge >= 0.3 is 0 Å². The van der Waals surface area contributed by atoms with Gasteiger partial charge in [-0.3, -0.25) is 10.1 Å². The Morgan fingerprint density at radius 1 is 1.08 bits per heavy atom. The summed E-state index contributed by atoms with van der Waals surface area (Å²) in [5.74, 6) is 0. The molecule has 138 valence electrons. The lowest BCUT2D eigenvalue weighted by Crippen LogP contribution is -2.48. The van der Waals surface area contributed by atoms with Gasteiger partial charge in [0.1, 0.15) is 5.02 Å². The van der Waals surface area contributed by atoms with Crippen LogP contribution in [0.15, 0.2) is 47.4 Å². The predicted octanol–water partition coefficient (Wildman–Crippen LogP) is 3.07. The number of hydrogen-bond acceptors (Lipinski definition) is 5. The van der Waals surface area contributed by atoms with Gasteiger partial charge in [0.25, 0.3) is 5.69 Å². The molecule has 0 aliphatic carbocycles. The second-order valence-corrected chi connectivity index (χ2v) is 8.39. The van der Waals surface area contributed by atoms with E-state index < -0.39 is 20.6 Å². The average molecular weight is 396 g/mol. The topological polar surface area (TPSA) is 83.8 Å². The Morgan fingerprint density at radius 3 is 2.35 bits per heavy atom. The molecule has 1 saturated heterocycles. The monoisotopic (exact) mass is 395 g/mol. The minimum atomic E-state index is -3.81. The van der Waals surface area contributed by atoms with Gasteiger partial charge in [0.15, 0.2) is 0 Å². The maximum Gasteiger partial charge on any atom is 0.289 e. The summed E-state index contributed by atoms with van der Waals surface area (Å²) in [6.07, 6.45) is 0. The fourth-order valence-electron chi connectivity index (χ4n) is 3.03. The van der Waals surface area contributed by atoms with Crippen molar-refractivity contribution >= 4 is 33.0 Å². The van der Waals surface area contributed by atoms with Crippen molar-refractivity contribution in [3.63, 3.8) is 0 Å². The van der Waals surface area contributed by atoms with E-state index in [1.807, 2.05) is 31.2 Å². The van der Waals surface area contributed by atoms with Crippen LogP contribution in [0.3, 0.4) is 0 Å². The maximum absolute atomic E-state index is 12.8. The molecule has 1 aliphatic rings. The second-order valence-electron chi connectivity index (χ2n) is 6.05. The molecule has 3 rings (SSSR count). The first-order valence-electron chi connectivity index (χ1n) is 8.05. The van der Waals surface area contributed by atoms with Crippen molar-refractivity contribution < 1.29 is 13.3 Å². The van der Waals surface area contributed by atoms with E-state index in [1.165, 1.54) is 16.4 Å². The van der Waals surface area contributed by atoms with E-state index >= 15 is 0 Å². The van der Waals surface area contributed by atoms with E-state index in [9.17, 15) is 18.5 Å². The van der Waals surface area contributed by atoms with Crippen molar-refractivity contribution in [1.29, 1.82) is 0 Å². The molecule has 26 heavy (non-hydrogen) atoms. The molecule has 0 radical (unpaired) electrons. The van der Waals surface area contributed by atoms with Gasteiger partial charge in [0, 0.05) is 37.9 Å². The minimum Gasteiger partial charge on any atom is -0.369 e. The lowest BCUT2D eigenvalue weighted by molar-refractivity contribution is -0.384. The average Bonchev–Trinajstić information content (AvgIpc) is 2.62. The Morgan fingerprint density at radius 2 is 1.73 bits per heavy atom. The third-order valence-corrected chi connectivity index (χ3v) is 6.66. The Kier molecular flexibility index (Phi) is 5.17. The van der Waals surface area contributed by atoms with Crippen LogP contribution >= 0.6 is 11.6 Å². The van der Waals surface area contributed by atoms with E-state index in [0.29, 0.717) is 26.2 Å². The van der Waals surface area contributed by atoms with Crippen LogP contribution in [0.1, 0.15) is 5.56 Å². The molecule has 0 amide bonds. The third kappa shape index (κ3) is 3.53. The normalized spacial score (nSPS) is 15.8. The zero-order valence-electron chi connectivity index (χ0n) is 14.1. The Labute approximate surface area is 157 Å². The number of hydrogen-bond donors (Lipinski definition) is 0. The highest BCUT2D eigenvalue weighted by Gasteiger charge is 2.30. The first kappa shape index (κ1) is 18.6. The van der Waals surface area contributed by atoms with Crippen LogP contribution in [0.5, 0.6) is 0 Å². The van der Waals surface area contributed by atoms with Crippen LogP contribution in [-0.2, 0) is 10.0 Å². The summed E-state index contributed by atoms with van der Waals surface area (Å²) in [6, 6.07) is 11.5. The van der Waals surface area contributed by atoms with Gasteiger partial charge in [-0.1, -0.05) is 29.8 Å². The van der Waals surface area contributed by atoms with Gasteiger partial charge in [0.2, 0.25) is 10.0 Å². The summed E-state index contributed by atoms with van der Waals surface area (Å²) in [6.45, 7) is 3.75. The van der Waals surface area contributed by atoms with Crippen LogP contribution < -0.4 is 4.90 Å². The molecule has 2 aromatic rings. The summed E-state index contributed by atoms with van der Waals surface area (Å²) in [4.78, 5) is 12.4. The molecule has 1 aliphatic heterocycles. The van der Waals surface area contributed by atoms with Crippen molar-refractivity contribution in [2.45, 2.75) is 11.8 Å². The van der Waals surface area contributed by atoms with Crippen molar-refractivity contribution in [3.05, 3.63) is 63.2 Å². The van der Waals surface area contributed by atoms with Gasteiger partial charge in [-0.15, -0.1) is 0 Å². The number of para-hydroxylation sites is 1. The molecule has 0 bridgehead atoms. The molecule has 1 heterocycles. The summed E-state index contributed by atoms with van der Waals surface area (Å²) >= 11 is 5.77. The molecule has 0 saturated carbocycles. The standard InChI is InChI=1S/C17H18ClN3O4S/c1-13-4-2-3-5-16(13)19-8-10-20(11-9-19)26(24,25)14-6-7-15(18)17(12-14)21(22)23/h2-7,12H,8-11H2,1H3. The number of nitrogens with zero attached hydrogens (tertiary/aromatic N) is 3. The molecule has 2 aromatic carbocycles. The summed E-state index contributed by atoms with van der Waals surface area (Å²) in [5, 5.41) is 10.9. The van der Waals surface area contributed by atoms with Crippen molar-refractivity contribution in [3.8, 4) is 0 Å². The number of benzene rings is 2. The van der Waals surface area contributed by atoms with E-state index in [0.717, 1.165) is 17.3 Å². The molecule has 0 unspecified atom stereocenters. The molecule has 9 heteroatoms. The number of piperazine rings is 1. The first-order chi connectivity index (χ1) is 12.3. The molecule has 0 aromatic heterocycles. The largest absolute Gasteiger partial charge is 0.369 e. The highest BCUT2D eigenvalue weighted by atomic mass is 35.5. The van der Waals surface area contributed by atoms with Gasteiger partial charge < -0.3 is 4.90 Å². The van der Waals surface area contributed by atoms with E-state index in [1.54, 1.807) is 0 Å². The highest BCUT2D eigenvalue weighted by molar-refractivity contribution is 7.89. The quantitative estimate of drug-likeness (QED) is 0.586. The molecular weight excluding hydrogens is 378 g/mol. The Hall–Kier alpha value is -2.16. The number of aryl methyl sites for hydroxylation is 1. The molecule has 0 N–H and O–H groups in total. The maximum atomic E-state index is 12.8. The lowest BCUT2D eigenvalue weighted by atomic mass is 10.1. The number of nitro benzene ring substituents is 1. The highest BCUT2D eigenvalue weighted by Crippen LogP contribution is 2.29. The fourth-order valence-corrected chi connectivity index (χ4v) is 4.66. The van der Waals surface area contributed by atoms with Crippen molar-refractivity contribution in [1.82, 2.24) is 4.31 Å². The van der Waals surface area contributed by atoms with Crippen molar-refractivity contribution in [2.75, 3.05) is 31.1 Å². The zero-order chi connectivity index (χ0) is 18.9. The van der Waals surface area contributed by atoms with Gasteiger partial charge in [0.05, 0.1) is 9.82 Å². The number of nitro groups is 1. The molecule has 1 fully saturated rings. The molecular formula is C17H18ClN3O4S. The van der Waals surface area contributed by atoms with Crippen LogP contribution in [0.2, 0.25) is 5.02 Å². The van der Waals surface area contributed by atoms with E-state index in [-0.39, 0.29) is 9.92 Å². The van der Waals surface area contributed by atoms with E-state index in [2.05, 4.69) is 4.90 Å². The Balaban J connectivity index is 1.79. The SMILES string of the molecule is Cc1ccccc1N1CCN(S(=O)(=O)c2ccc(Cl)c([N+](=O)[O-])c2)CC1. The smallest absolute Gasteiger partial charge is 0.289 e. The molecule has 0 spiro atoms. The number of anilines is 1. The van der Waals surface area contributed by atoms with Crippen molar-refractivity contribution in [2.24, 2.45) is 0 Å². The minimum absolute atomic E-state index is 0.0849. The molecule has 7 nitrogen and oxygen atoms in total. The van der Waals surface area contributed by atoms with Crippen LogP contribution in [0.4, 0.5) is 11.4 Å². The second kappa shape index (κ2) is 7.22. The summed E-state index contributed by atoms with van der Waals surface area (Å²) < 4.78 is 27.0.